The molecule has 0 spiro atoms. The molecule has 7 heteroatoms. The van der Waals surface area contributed by atoms with Gasteiger partial charge in [0, 0.05) is 24.0 Å². The molecule has 1 amide bonds. The maximum atomic E-state index is 13.8. The Morgan fingerprint density at radius 2 is 1.93 bits per heavy atom. The fourth-order valence-corrected chi connectivity index (χ4v) is 2.99. The van der Waals surface area contributed by atoms with Crippen LogP contribution in [0.1, 0.15) is 21.6 Å². The van der Waals surface area contributed by atoms with Crippen LogP contribution >= 0.6 is 0 Å². The first-order valence-electron chi connectivity index (χ1n) is 9.27. The average molecular weight is 403 g/mol. The van der Waals surface area contributed by atoms with Gasteiger partial charge in [-0.05, 0) is 48.9 Å². The van der Waals surface area contributed by atoms with E-state index >= 15 is 0 Å². The van der Waals surface area contributed by atoms with E-state index in [1.807, 2.05) is 19.1 Å². The molecule has 0 aliphatic rings. The summed E-state index contributed by atoms with van der Waals surface area (Å²) in [6.45, 7) is 2.01. The summed E-state index contributed by atoms with van der Waals surface area (Å²) < 4.78 is 21.0. The summed E-state index contributed by atoms with van der Waals surface area (Å²) in [5.41, 5.74) is 2.27. The van der Waals surface area contributed by atoms with Crippen molar-refractivity contribution in [2.24, 2.45) is 0 Å². The highest BCUT2D eigenvalue weighted by molar-refractivity contribution is 6.04. The van der Waals surface area contributed by atoms with Gasteiger partial charge in [0.2, 0.25) is 0 Å². The number of aryl methyl sites for hydroxylation is 1. The maximum absolute atomic E-state index is 13.8. The summed E-state index contributed by atoms with van der Waals surface area (Å²) in [5.74, 6) is -0.663. The number of hydrogen-bond acceptors (Lipinski definition) is 4. The lowest BCUT2D eigenvalue weighted by Crippen LogP contribution is -2.16. The molecule has 0 fully saturated rings. The van der Waals surface area contributed by atoms with Crippen LogP contribution in [0.15, 0.2) is 77.7 Å². The van der Waals surface area contributed by atoms with Gasteiger partial charge >= 0.3 is 0 Å². The van der Waals surface area contributed by atoms with E-state index in [4.69, 9.17) is 4.74 Å². The molecular formula is C23H18FN3O3. The molecule has 6 nitrogen and oxygen atoms in total. The van der Waals surface area contributed by atoms with Gasteiger partial charge < -0.3 is 10.1 Å². The second-order valence-electron chi connectivity index (χ2n) is 6.77. The molecule has 30 heavy (non-hydrogen) atoms. The monoisotopic (exact) mass is 403 g/mol. The summed E-state index contributed by atoms with van der Waals surface area (Å²) in [6, 6.07) is 17.6. The second-order valence-corrected chi connectivity index (χ2v) is 6.77. The van der Waals surface area contributed by atoms with E-state index in [-0.39, 0.29) is 17.7 Å². The van der Waals surface area contributed by atoms with E-state index in [1.54, 1.807) is 36.5 Å². The molecule has 0 aliphatic heterocycles. The second kappa shape index (κ2) is 8.16. The molecule has 2 aromatic carbocycles. The van der Waals surface area contributed by atoms with Gasteiger partial charge in [-0.1, -0.05) is 18.2 Å². The average Bonchev–Trinajstić information content (AvgIpc) is 2.72. The van der Waals surface area contributed by atoms with Crippen LogP contribution in [0.5, 0.6) is 5.75 Å². The molecule has 4 aromatic rings. The van der Waals surface area contributed by atoms with E-state index in [1.165, 1.54) is 28.7 Å². The molecule has 0 saturated carbocycles. The van der Waals surface area contributed by atoms with Crippen LogP contribution in [-0.2, 0) is 6.61 Å². The van der Waals surface area contributed by atoms with Crippen LogP contribution in [0.3, 0.4) is 0 Å². The van der Waals surface area contributed by atoms with E-state index in [0.29, 0.717) is 22.8 Å². The van der Waals surface area contributed by atoms with Gasteiger partial charge in [0.15, 0.2) is 0 Å². The molecule has 0 saturated heterocycles. The Kier molecular flexibility index (Phi) is 5.26. The van der Waals surface area contributed by atoms with Crippen molar-refractivity contribution < 1.29 is 13.9 Å². The molecule has 1 N–H and O–H groups in total. The normalized spacial score (nSPS) is 10.7. The predicted molar refractivity (Wildman–Crippen MR) is 111 cm³/mol. The van der Waals surface area contributed by atoms with E-state index < -0.39 is 11.7 Å². The van der Waals surface area contributed by atoms with Crippen molar-refractivity contribution in [2.75, 3.05) is 5.32 Å². The molecule has 4 rings (SSSR count). The Morgan fingerprint density at radius 3 is 2.77 bits per heavy atom. The maximum Gasteiger partial charge on any atom is 0.258 e. The number of carbonyl (C=O) groups excluding carboxylic acids is 1. The number of hydrogen-bond donors (Lipinski definition) is 1. The Balaban J connectivity index is 1.49. The van der Waals surface area contributed by atoms with Crippen LogP contribution in [0.4, 0.5) is 10.1 Å². The molecule has 2 aromatic heterocycles. The first-order valence-corrected chi connectivity index (χ1v) is 9.27. The van der Waals surface area contributed by atoms with Gasteiger partial charge in [0.25, 0.3) is 11.5 Å². The zero-order valence-electron chi connectivity index (χ0n) is 16.1. The van der Waals surface area contributed by atoms with Gasteiger partial charge in [-0.15, -0.1) is 0 Å². The summed E-state index contributed by atoms with van der Waals surface area (Å²) in [4.78, 5) is 29.0. The Morgan fingerprint density at radius 1 is 1.10 bits per heavy atom. The molecule has 2 heterocycles. The van der Waals surface area contributed by atoms with Crippen LogP contribution in [0.25, 0.3) is 5.65 Å². The third-order valence-corrected chi connectivity index (χ3v) is 4.47. The van der Waals surface area contributed by atoms with Gasteiger partial charge in [0.05, 0.1) is 11.3 Å². The predicted octanol–water partition coefficient (Wildman–Crippen LogP) is 3.97. The minimum absolute atomic E-state index is 0.0417. The van der Waals surface area contributed by atoms with Crippen LogP contribution < -0.4 is 15.6 Å². The zero-order valence-corrected chi connectivity index (χ0v) is 16.1. The summed E-state index contributed by atoms with van der Waals surface area (Å²) >= 11 is 0. The number of ether oxygens (including phenoxy) is 1. The van der Waals surface area contributed by atoms with Crippen LogP contribution in [-0.4, -0.2) is 15.3 Å². The summed E-state index contributed by atoms with van der Waals surface area (Å²) in [6.07, 6.45) is 1.69. The Bertz CT molecular complexity index is 1300. The fourth-order valence-electron chi connectivity index (χ4n) is 2.99. The SMILES string of the molecule is Cc1ccn2c(=O)cc(COc3cccc(NC(=O)c4ccccc4F)c3)nc2c1. The standard InChI is InChI=1S/C23H18FN3O3/c1-15-9-10-27-21(11-15)25-17(13-22(27)28)14-30-18-6-4-5-16(12-18)26-23(29)19-7-2-3-8-20(19)24/h2-13H,14H2,1H3,(H,26,29). The number of fused-ring (bicyclic) bond motifs is 1. The van der Waals surface area contributed by atoms with Gasteiger partial charge in [-0.2, -0.15) is 0 Å². The number of aromatic nitrogens is 2. The van der Waals surface area contributed by atoms with Crippen molar-refractivity contribution in [1.29, 1.82) is 0 Å². The molecule has 0 bridgehead atoms. The van der Waals surface area contributed by atoms with E-state index in [2.05, 4.69) is 10.3 Å². The molecule has 0 radical (unpaired) electrons. The molecule has 0 aliphatic carbocycles. The largest absolute Gasteiger partial charge is 0.487 e. The highest BCUT2D eigenvalue weighted by atomic mass is 19.1. The quantitative estimate of drug-likeness (QED) is 0.547. The summed E-state index contributed by atoms with van der Waals surface area (Å²) in [7, 11) is 0. The van der Waals surface area contributed by atoms with Crippen LogP contribution in [0.2, 0.25) is 0 Å². The number of rotatable bonds is 5. The third kappa shape index (κ3) is 4.20. The van der Waals surface area contributed by atoms with Crippen molar-refractivity contribution in [3.8, 4) is 5.75 Å². The van der Waals surface area contributed by atoms with Crippen LogP contribution in [0, 0.1) is 12.7 Å². The van der Waals surface area contributed by atoms with Crippen molar-refractivity contribution in [3.05, 3.63) is 106 Å². The smallest absolute Gasteiger partial charge is 0.258 e. The highest BCUT2D eigenvalue weighted by Gasteiger charge is 2.11. The topological polar surface area (TPSA) is 72.7 Å². The van der Waals surface area contributed by atoms with Gasteiger partial charge in [0.1, 0.15) is 23.8 Å². The lowest BCUT2D eigenvalue weighted by atomic mass is 10.2. The first kappa shape index (κ1) is 19.3. The first-order chi connectivity index (χ1) is 14.5. The zero-order chi connectivity index (χ0) is 21.1. The van der Waals surface area contributed by atoms with Crippen molar-refractivity contribution in [2.45, 2.75) is 13.5 Å². The van der Waals surface area contributed by atoms with E-state index in [0.717, 1.165) is 5.56 Å². The van der Waals surface area contributed by atoms with Crippen molar-refractivity contribution in [1.82, 2.24) is 9.38 Å². The molecule has 0 atom stereocenters. The Labute approximate surface area is 171 Å². The number of benzene rings is 2. The molecular weight excluding hydrogens is 385 g/mol. The lowest BCUT2D eigenvalue weighted by molar-refractivity contribution is 0.102. The molecule has 0 unspecified atom stereocenters. The number of pyridine rings is 1. The minimum Gasteiger partial charge on any atom is -0.487 e. The number of halogens is 1. The third-order valence-electron chi connectivity index (χ3n) is 4.47. The summed E-state index contributed by atoms with van der Waals surface area (Å²) in [5, 5.41) is 2.65. The number of anilines is 1. The molecule has 150 valence electrons. The van der Waals surface area contributed by atoms with E-state index in [9.17, 15) is 14.0 Å². The minimum atomic E-state index is -0.591. The lowest BCUT2D eigenvalue weighted by Gasteiger charge is -2.10. The number of nitrogens with one attached hydrogen (secondary N) is 1. The number of amides is 1. The van der Waals surface area contributed by atoms with Gasteiger partial charge in [-0.3, -0.25) is 14.0 Å². The Hall–Kier alpha value is -4.00. The highest BCUT2D eigenvalue weighted by Crippen LogP contribution is 2.19. The number of nitrogens with zero attached hydrogens (tertiary/aromatic N) is 2. The van der Waals surface area contributed by atoms with Gasteiger partial charge in [-0.25, -0.2) is 9.37 Å². The van der Waals surface area contributed by atoms with Crippen molar-refractivity contribution >= 4 is 17.2 Å². The fraction of sp³-hybridized carbons (Fsp3) is 0.0870. The van der Waals surface area contributed by atoms with Crippen molar-refractivity contribution in [3.63, 3.8) is 0 Å². The number of carbonyl (C=O) groups is 1.